The molecule has 1 aromatic rings. The number of carbonyl (C=O) groups excluding carboxylic acids is 1. The van der Waals surface area contributed by atoms with E-state index in [1.54, 1.807) is 11.6 Å². The van der Waals surface area contributed by atoms with Crippen molar-refractivity contribution >= 4 is 11.8 Å². The number of nitrogens with one attached hydrogen (secondary N) is 1. The first kappa shape index (κ1) is 8.03. The summed E-state index contributed by atoms with van der Waals surface area (Å²) in [5, 5.41) is 10.6. The molecular weight excluding hydrogens is 172 g/mol. The van der Waals surface area contributed by atoms with Gasteiger partial charge in [0.05, 0.1) is 13.2 Å². The molecule has 0 bridgehead atoms. The van der Waals surface area contributed by atoms with E-state index in [2.05, 4.69) is 15.6 Å². The minimum absolute atomic E-state index is 0.277. The van der Waals surface area contributed by atoms with Crippen LogP contribution >= 0.6 is 0 Å². The summed E-state index contributed by atoms with van der Waals surface area (Å²) >= 11 is 0. The molecule has 0 saturated carbocycles. The molecule has 6 nitrogen and oxygen atoms in total. The van der Waals surface area contributed by atoms with E-state index in [1.807, 2.05) is 0 Å². The van der Waals surface area contributed by atoms with Crippen LogP contribution in [-0.2, 0) is 11.3 Å². The van der Waals surface area contributed by atoms with Crippen molar-refractivity contribution in [1.82, 2.24) is 15.0 Å². The zero-order valence-corrected chi connectivity index (χ0v) is 7.28. The molecule has 0 unspecified atom stereocenters. The number of hydrogen-bond acceptors (Lipinski definition) is 5. The fourth-order valence-corrected chi connectivity index (χ4v) is 1.26. The van der Waals surface area contributed by atoms with Gasteiger partial charge in [-0.05, 0) is 6.92 Å². The molecule has 13 heavy (non-hydrogen) atoms. The fourth-order valence-electron chi connectivity index (χ4n) is 1.26. The van der Waals surface area contributed by atoms with E-state index >= 15 is 0 Å². The third-order valence-electron chi connectivity index (χ3n) is 1.82. The summed E-state index contributed by atoms with van der Waals surface area (Å²) in [7, 11) is 0. The molecular formula is C7H10N4O2. The number of hydrogen-bond donors (Lipinski definition) is 1. The van der Waals surface area contributed by atoms with Crippen molar-refractivity contribution < 1.29 is 9.53 Å². The Hall–Kier alpha value is -1.59. The largest absolute Gasteiger partial charge is 0.461 e. The summed E-state index contributed by atoms with van der Waals surface area (Å²) in [4.78, 5) is 11.3. The van der Waals surface area contributed by atoms with Crippen LogP contribution in [0.3, 0.4) is 0 Å². The average Bonchev–Trinajstić information content (AvgIpc) is 2.62. The van der Waals surface area contributed by atoms with Crippen molar-refractivity contribution in [1.29, 1.82) is 0 Å². The Bertz CT molecular complexity index is 333. The summed E-state index contributed by atoms with van der Waals surface area (Å²) in [6, 6.07) is 0. The summed E-state index contributed by atoms with van der Waals surface area (Å²) < 4.78 is 6.48. The lowest BCUT2D eigenvalue weighted by molar-refractivity contribution is 0.0520. The average molecular weight is 182 g/mol. The van der Waals surface area contributed by atoms with E-state index in [0.717, 1.165) is 13.1 Å². The van der Waals surface area contributed by atoms with Crippen LogP contribution in [0.4, 0.5) is 5.82 Å². The van der Waals surface area contributed by atoms with E-state index in [4.69, 9.17) is 4.74 Å². The van der Waals surface area contributed by atoms with Gasteiger partial charge in [0, 0.05) is 6.54 Å². The van der Waals surface area contributed by atoms with Crippen molar-refractivity contribution in [2.75, 3.05) is 18.5 Å². The van der Waals surface area contributed by atoms with Crippen LogP contribution in [0.5, 0.6) is 0 Å². The first-order valence-corrected chi connectivity index (χ1v) is 4.17. The normalized spacial score (nSPS) is 13.6. The van der Waals surface area contributed by atoms with Crippen LogP contribution in [0.25, 0.3) is 0 Å². The molecule has 2 heterocycles. The zero-order valence-electron chi connectivity index (χ0n) is 7.28. The van der Waals surface area contributed by atoms with Crippen molar-refractivity contribution in [3.8, 4) is 0 Å². The van der Waals surface area contributed by atoms with Crippen LogP contribution < -0.4 is 5.32 Å². The molecule has 1 aromatic heterocycles. The van der Waals surface area contributed by atoms with Gasteiger partial charge in [0.2, 0.25) is 5.69 Å². The van der Waals surface area contributed by atoms with Crippen LogP contribution in [-0.4, -0.2) is 34.1 Å². The van der Waals surface area contributed by atoms with Gasteiger partial charge in [0.15, 0.2) is 5.82 Å². The summed E-state index contributed by atoms with van der Waals surface area (Å²) in [6.07, 6.45) is 0. The van der Waals surface area contributed by atoms with E-state index < -0.39 is 5.97 Å². The Kier molecular flexibility index (Phi) is 1.88. The molecule has 0 aliphatic carbocycles. The second kappa shape index (κ2) is 3.04. The molecule has 1 aliphatic heterocycles. The highest BCUT2D eigenvalue weighted by molar-refractivity contribution is 5.92. The van der Waals surface area contributed by atoms with Crippen LogP contribution in [0.2, 0.25) is 0 Å². The maximum atomic E-state index is 11.3. The second-order valence-corrected chi connectivity index (χ2v) is 2.66. The van der Waals surface area contributed by atoms with Crippen molar-refractivity contribution in [3.63, 3.8) is 0 Å². The number of rotatable bonds is 2. The molecule has 0 fully saturated rings. The van der Waals surface area contributed by atoms with Gasteiger partial charge < -0.3 is 10.1 Å². The van der Waals surface area contributed by atoms with Gasteiger partial charge in [0.1, 0.15) is 0 Å². The highest BCUT2D eigenvalue weighted by Crippen LogP contribution is 2.17. The monoisotopic (exact) mass is 182 g/mol. The third kappa shape index (κ3) is 1.24. The highest BCUT2D eigenvalue weighted by atomic mass is 16.5. The molecule has 6 heteroatoms. The molecule has 2 rings (SSSR count). The van der Waals surface area contributed by atoms with Gasteiger partial charge in [-0.3, -0.25) is 0 Å². The number of carbonyl (C=O) groups is 1. The Morgan fingerprint density at radius 1 is 1.77 bits per heavy atom. The number of anilines is 1. The molecule has 0 atom stereocenters. The number of fused-ring (bicyclic) bond motifs is 1. The van der Waals surface area contributed by atoms with E-state index in [1.165, 1.54) is 0 Å². The molecule has 1 aliphatic rings. The molecule has 0 aromatic carbocycles. The minimum Gasteiger partial charge on any atom is -0.461 e. The molecule has 0 amide bonds. The number of nitrogens with zero attached hydrogens (tertiary/aromatic N) is 3. The molecule has 0 spiro atoms. The van der Waals surface area contributed by atoms with E-state index in [9.17, 15) is 4.79 Å². The quantitative estimate of drug-likeness (QED) is 0.646. The topological polar surface area (TPSA) is 69.0 Å². The van der Waals surface area contributed by atoms with Gasteiger partial charge in [-0.15, -0.1) is 5.10 Å². The van der Waals surface area contributed by atoms with Gasteiger partial charge >= 0.3 is 5.97 Å². The fraction of sp³-hybridized carbons (Fsp3) is 0.571. The molecule has 0 saturated heterocycles. The standard InChI is InChI=1S/C7H10N4O2/c1-2-13-7(12)5-6-8-3-4-11(6)10-9-5/h8H,2-4H2,1H3. The maximum absolute atomic E-state index is 11.3. The van der Waals surface area contributed by atoms with Crippen molar-refractivity contribution in [2.24, 2.45) is 0 Å². The summed E-state index contributed by atoms with van der Waals surface area (Å²) in [6.45, 7) is 3.65. The smallest absolute Gasteiger partial charge is 0.362 e. The number of esters is 1. The number of ether oxygens (including phenoxy) is 1. The number of aromatic nitrogens is 3. The lowest BCUT2D eigenvalue weighted by Gasteiger charge is -1.98. The molecule has 70 valence electrons. The first-order chi connectivity index (χ1) is 6.33. The van der Waals surface area contributed by atoms with Crippen LogP contribution in [0.15, 0.2) is 0 Å². The van der Waals surface area contributed by atoms with Crippen LogP contribution in [0, 0.1) is 0 Å². The molecule has 0 radical (unpaired) electrons. The summed E-state index contributed by atoms with van der Waals surface area (Å²) in [5.41, 5.74) is 0.277. The Balaban J connectivity index is 2.26. The minimum atomic E-state index is -0.418. The Morgan fingerprint density at radius 3 is 3.38 bits per heavy atom. The van der Waals surface area contributed by atoms with Gasteiger partial charge in [-0.1, -0.05) is 5.21 Å². The zero-order chi connectivity index (χ0) is 9.26. The van der Waals surface area contributed by atoms with Gasteiger partial charge in [-0.2, -0.15) is 0 Å². The van der Waals surface area contributed by atoms with Crippen molar-refractivity contribution in [3.05, 3.63) is 5.69 Å². The van der Waals surface area contributed by atoms with Crippen molar-refractivity contribution in [2.45, 2.75) is 13.5 Å². The van der Waals surface area contributed by atoms with Crippen LogP contribution in [0.1, 0.15) is 17.4 Å². The second-order valence-electron chi connectivity index (χ2n) is 2.66. The maximum Gasteiger partial charge on any atom is 0.362 e. The predicted molar refractivity (Wildman–Crippen MR) is 44.5 cm³/mol. The molecule has 1 N–H and O–H groups in total. The Labute approximate surface area is 74.9 Å². The van der Waals surface area contributed by atoms with E-state index in [0.29, 0.717) is 12.4 Å². The lowest BCUT2D eigenvalue weighted by atomic mass is 10.4. The SMILES string of the molecule is CCOC(=O)c1nnn2c1NCC2. The third-order valence-corrected chi connectivity index (χ3v) is 1.82. The lowest BCUT2D eigenvalue weighted by Crippen LogP contribution is -2.08. The predicted octanol–water partition coefficient (Wildman–Crippen LogP) is -0.120. The van der Waals surface area contributed by atoms with Gasteiger partial charge in [-0.25, -0.2) is 9.48 Å². The van der Waals surface area contributed by atoms with E-state index in [-0.39, 0.29) is 5.69 Å². The first-order valence-electron chi connectivity index (χ1n) is 4.17. The van der Waals surface area contributed by atoms with Gasteiger partial charge in [0.25, 0.3) is 0 Å². The highest BCUT2D eigenvalue weighted by Gasteiger charge is 2.23. The summed E-state index contributed by atoms with van der Waals surface area (Å²) in [5.74, 6) is 0.247. The Morgan fingerprint density at radius 2 is 2.62 bits per heavy atom.